The molecule has 2 aromatic carbocycles. The Hall–Kier alpha value is -4.37. The van der Waals surface area contributed by atoms with E-state index in [9.17, 15) is 24.2 Å². The van der Waals surface area contributed by atoms with Crippen LogP contribution in [0.25, 0.3) is 11.2 Å². The summed E-state index contributed by atoms with van der Waals surface area (Å²) >= 11 is 5.85. The molecule has 13 nitrogen and oxygen atoms in total. The van der Waals surface area contributed by atoms with Crippen molar-refractivity contribution in [2.45, 2.75) is 37.6 Å². The molecule has 0 spiro atoms. The number of hydrogen-bond acceptors (Lipinski definition) is 11. The maximum absolute atomic E-state index is 15.0. The number of benzene rings is 2. The second kappa shape index (κ2) is 12.7. The van der Waals surface area contributed by atoms with E-state index in [1.165, 1.54) is 10.9 Å². The number of nitrogens with two attached hydrogens (primary N) is 1. The summed E-state index contributed by atoms with van der Waals surface area (Å²) in [5.74, 6) is -3.66. The first-order valence-corrected chi connectivity index (χ1v) is 13.0. The third-order valence-corrected chi connectivity index (χ3v) is 6.73. The van der Waals surface area contributed by atoms with Crippen molar-refractivity contribution in [3.8, 4) is 5.75 Å². The van der Waals surface area contributed by atoms with Crippen LogP contribution in [0.15, 0.2) is 60.9 Å². The third-order valence-electron chi connectivity index (χ3n) is 6.56. The molecule has 1 saturated heterocycles. The number of aliphatic hydroxyl groups is 1. The molecule has 1 aliphatic rings. The molecule has 0 aliphatic carbocycles. The van der Waals surface area contributed by atoms with Crippen molar-refractivity contribution in [3.63, 3.8) is 0 Å². The molecule has 15 heteroatoms. The summed E-state index contributed by atoms with van der Waals surface area (Å²) in [6.07, 6.45) is -5.28. The van der Waals surface area contributed by atoms with Gasteiger partial charge in [0, 0.05) is 0 Å². The summed E-state index contributed by atoms with van der Waals surface area (Å²) in [5, 5.41) is 19.7. The Labute approximate surface area is 242 Å². The van der Waals surface area contributed by atoms with Crippen LogP contribution < -0.4 is 10.5 Å². The van der Waals surface area contributed by atoms with Crippen molar-refractivity contribution in [3.05, 3.63) is 77.3 Å². The maximum Gasteiger partial charge on any atom is 0.356 e. The predicted molar refractivity (Wildman–Crippen MR) is 144 cm³/mol. The Morgan fingerprint density at radius 1 is 1.12 bits per heavy atom. The van der Waals surface area contributed by atoms with Gasteiger partial charge in [-0.05, 0) is 41.3 Å². The van der Waals surface area contributed by atoms with Gasteiger partial charge in [0.05, 0.1) is 6.33 Å². The minimum absolute atomic E-state index is 0.0233. The number of carbonyl (C=O) groups is 2. The second-order valence-electron chi connectivity index (χ2n) is 9.40. The van der Waals surface area contributed by atoms with E-state index >= 15 is 0 Å². The van der Waals surface area contributed by atoms with E-state index in [0.717, 1.165) is 5.56 Å². The Morgan fingerprint density at radius 3 is 2.57 bits per heavy atom. The molecule has 220 valence electrons. The summed E-state index contributed by atoms with van der Waals surface area (Å²) in [5.41, 5.74) is 7.55. The number of ether oxygens (including phenoxy) is 2. The van der Waals surface area contributed by atoms with E-state index in [-0.39, 0.29) is 28.7 Å². The zero-order valence-electron chi connectivity index (χ0n) is 21.7. The number of rotatable bonds is 11. The molecule has 5 rings (SSSR count). The molecule has 0 radical (unpaired) electrons. The number of carboxylic acids is 1. The van der Waals surface area contributed by atoms with Crippen LogP contribution in [0.1, 0.15) is 17.4 Å². The highest BCUT2D eigenvalue weighted by Crippen LogP contribution is 2.34. The van der Waals surface area contributed by atoms with Gasteiger partial charge in [-0.1, -0.05) is 42.5 Å². The highest BCUT2D eigenvalue weighted by Gasteiger charge is 2.46. The van der Waals surface area contributed by atoms with Crippen molar-refractivity contribution in [1.82, 2.24) is 19.5 Å². The first-order valence-electron chi connectivity index (χ1n) is 12.7. The molecule has 0 bridgehead atoms. The molecular weight excluding hydrogens is 577 g/mol. The fourth-order valence-corrected chi connectivity index (χ4v) is 4.52. The number of fused-ring (bicyclic) bond motifs is 1. The fraction of sp³-hybridized carbons (Fsp3) is 0.296. The lowest BCUT2D eigenvalue weighted by atomic mass is 9.99. The summed E-state index contributed by atoms with van der Waals surface area (Å²) < 4.78 is 27.5. The minimum atomic E-state index is -1.95. The molecule has 4 aromatic rings. The summed E-state index contributed by atoms with van der Waals surface area (Å²) in [6, 6.07) is 16.2. The van der Waals surface area contributed by atoms with Gasteiger partial charge in [-0.3, -0.25) is 14.2 Å². The van der Waals surface area contributed by atoms with Crippen molar-refractivity contribution >= 4 is 40.5 Å². The topological polar surface area (TPSA) is 181 Å². The number of aliphatic carboxylic acids is 1. The highest BCUT2D eigenvalue weighted by molar-refractivity contribution is 6.28. The average Bonchev–Trinajstić information content (AvgIpc) is 3.52. The number of nitrogens with zero attached hydrogens (tertiary/aromatic N) is 4. The first kappa shape index (κ1) is 29.1. The van der Waals surface area contributed by atoms with Crippen LogP contribution in [0, 0.1) is 5.92 Å². The van der Waals surface area contributed by atoms with Gasteiger partial charge in [0.2, 0.25) is 5.28 Å². The van der Waals surface area contributed by atoms with Gasteiger partial charge >= 0.3 is 11.9 Å². The van der Waals surface area contributed by atoms with Gasteiger partial charge in [-0.25, -0.2) is 14.2 Å². The number of halogens is 2. The quantitative estimate of drug-likeness (QED) is 0.0990. The molecule has 5 atom stereocenters. The molecule has 0 amide bonds. The molecule has 4 N–H and O–H groups in total. The minimum Gasteiger partial charge on any atom is -0.489 e. The zero-order valence-corrected chi connectivity index (χ0v) is 22.5. The van der Waals surface area contributed by atoms with E-state index in [2.05, 4.69) is 15.0 Å². The molecule has 3 heterocycles. The van der Waals surface area contributed by atoms with E-state index in [1.807, 2.05) is 30.3 Å². The van der Waals surface area contributed by atoms with E-state index in [4.69, 9.17) is 36.6 Å². The lowest BCUT2D eigenvalue weighted by Crippen LogP contribution is -2.33. The van der Waals surface area contributed by atoms with Crippen molar-refractivity contribution in [2.24, 2.45) is 5.92 Å². The maximum atomic E-state index is 15.0. The Morgan fingerprint density at radius 2 is 1.86 bits per heavy atom. The van der Waals surface area contributed by atoms with Crippen LogP contribution in [0.3, 0.4) is 0 Å². The average molecular weight is 602 g/mol. The summed E-state index contributed by atoms with van der Waals surface area (Å²) in [6.45, 7) is -0.227. The number of carbonyl (C=O) groups excluding carboxylic acids is 1. The molecule has 42 heavy (non-hydrogen) atoms. The largest absolute Gasteiger partial charge is 0.489 e. The normalized spacial score (nSPS) is 20.8. The van der Waals surface area contributed by atoms with Crippen LogP contribution in [-0.4, -0.2) is 66.7 Å². The van der Waals surface area contributed by atoms with Crippen LogP contribution >= 0.6 is 11.6 Å². The molecule has 2 aromatic heterocycles. The van der Waals surface area contributed by atoms with Gasteiger partial charge < -0.3 is 25.4 Å². The van der Waals surface area contributed by atoms with Crippen LogP contribution in [-0.2, 0) is 37.1 Å². The zero-order chi connectivity index (χ0) is 29.8. The van der Waals surface area contributed by atoms with Gasteiger partial charge in [-0.15, -0.1) is 0 Å². The predicted octanol–water partition coefficient (Wildman–Crippen LogP) is 2.66. The number of carboxylic acid groups (broad SMARTS) is 1. The van der Waals surface area contributed by atoms with Gasteiger partial charge in [0.15, 0.2) is 29.8 Å². The summed E-state index contributed by atoms with van der Waals surface area (Å²) in [7, 11) is 0. The number of aliphatic hydroxyl groups excluding tert-OH is 1. The number of aromatic nitrogens is 4. The molecule has 0 saturated carbocycles. The van der Waals surface area contributed by atoms with Crippen LogP contribution in [0.5, 0.6) is 5.75 Å². The van der Waals surface area contributed by atoms with Gasteiger partial charge in [0.1, 0.15) is 36.7 Å². The van der Waals surface area contributed by atoms with Crippen molar-refractivity contribution in [1.29, 1.82) is 0 Å². The van der Waals surface area contributed by atoms with Gasteiger partial charge in [0.25, 0.3) is 0 Å². The van der Waals surface area contributed by atoms with Crippen molar-refractivity contribution in [2.75, 3.05) is 12.3 Å². The smallest absolute Gasteiger partial charge is 0.356 e. The van der Waals surface area contributed by atoms with Crippen LogP contribution in [0.4, 0.5) is 10.2 Å². The number of anilines is 1. The Bertz CT molecular complexity index is 1560. The molecular formula is C27H25ClFN5O8. The Kier molecular flexibility index (Phi) is 8.77. The van der Waals surface area contributed by atoms with Crippen LogP contribution in [0.2, 0.25) is 5.28 Å². The number of hydrogen-bond donors (Lipinski definition) is 3. The highest BCUT2D eigenvalue weighted by atomic mass is 35.5. The van der Waals surface area contributed by atoms with Crippen molar-refractivity contribution < 1.29 is 43.4 Å². The van der Waals surface area contributed by atoms with E-state index in [1.54, 1.807) is 24.3 Å². The number of imidazole rings is 1. The Balaban J connectivity index is 1.14. The first-order chi connectivity index (χ1) is 20.2. The molecule has 1 fully saturated rings. The third kappa shape index (κ3) is 6.41. The monoisotopic (exact) mass is 601 g/mol. The second-order valence-corrected chi connectivity index (χ2v) is 9.74. The summed E-state index contributed by atoms with van der Waals surface area (Å²) in [4.78, 5) is 45.7. The lowest BCUT2D eigenvalue weighted by Gasteiger charge is -2.16. The molecule has 1 unspecified atom stereocenters. The van der Waals surface area contributed by atoms with Gasteiger partial charge in [-0.2, -0.15) is 14.9 Å². The van der Waals surface area contributed by atoms with E-state index in [0.29, 0.717) is 17.9 Å². The SMILES string of the molecule is Nc1nc(Cl)nc2c1ncn2[C@@H]1O[C@H](COOC(=O)C(Cc2ccc(OCc3ccccc3)cc2)C(=O)O)[C@@H](O)[C@@H]1F. The fourth-order valence-electron chi connectivity index (χ4n) is 4.35. The number of nitrogen functional groups attached to an aromatic ring is 1. The standard InChI is InChI=1S/C27H25ClFN5O8/c28-27-32-22(30)20-23(33-27)34(13-31-20)24-19(29)21(35)18(41-24)12-40-42-26(38)17(25(36)37)10-14-6-8-16(9-7-14)39-11-15-4-2-1-3-5-15/h1-9,13,17-19,21,24,35H,10-12H2,(H,36,37)(H2,30,32,33)/t17?,18-,19+,21-,24-/m1/s1. The molecule has 1 aliphatic heterocycles. The lowest BCUT2D eigenvalue weighted by molar-refractivity contribution is -0.289. The van der Waals surface area contributed by atoms with E-state index < -0.39 is 49.1 Å². The number of alkyl halides is 1.